The number of hydrogen-bond donors (Lipinski definition) is 3. The largest absolute Gasteiger partial charge is 1.00 e. The van der Waals surface area contributed by atoms with E-state index in [1.54, 1.807) is 48.5 Å². The number of fused-ring (bicyclic) bond motifs is 3. The number of ether oxygens (including phenoxy) is 1. The summed E-state index contributed by atoms with van der Waals surface area (Å²) in [6, 6.07) is 57.3. The average Bonchev–Trinajstić information content (AvgIpc) is 1.72. The van der Waals surface area contributed by atoms with Gasteiger partial charge in [0.1, 0.15) is 64.2 Å². The predicted octanol–water partition coefficient (Wildman–Crippen LogP) is 26.9. The van der Waals surface area contributed by atoms with Crippen LogP contribution in [0.5, 0.6) is 17.2 Å². The maximum absolute atomic E-state index is 10.4. The molecule has 10 aromatic rings. The second-order valence-electron chi connectivity index (χ2n) is 20.2. The Labute approximate surface area is 1030 Å². The second-order valence-corrected chi connectivity index (χ2v) is 21.1. The molecule has 0 atom stereocenters. The summed E-state index contributed by atoms with van der Waals surface area (Å²) in [6.45, 7) is 37.3. The molecule has 10 rings (SSSR count). The molecular weight excluding hydrogens is 2460 g/mol. The van der Waals surface area contributed by atoms with Crippen molar-refractivity contribution < 1.29 is 337 Å². The third kappa shape index (κ3) is 99.8. The summed E-state index contributed by atoms with van der Waals surface area (Å²) in [5.41, 5.74) is 5.88. The van der Waals surface area contributed by atoms with Crippen molar-refractivity contribution in [3.63, 3.8) is 0 Å². The molecule has 3 N–H and O–H groups in total. The number of para-hydroxylation sites is 6. The van der Waals surface area contributed by atoms with Crippen LogP contribution in [-0.4, -0.2) is 65.7 Å². The molecule has 0 unspecified atom stereocenters. The second kappa shape index (κ2) is 133. The topological polar surface area (TPSA) is 178 Å². The van der Waals surface area contributed by atoms with Gasteiger partial charge < -0.3 is 34.7 Å². The Bertz CT molecular complexity index is 3310. The molecule has 7 aromatic carbocycles. The first-order chi connectivity index (χ1) is 47.0. The van der Waals surface area contributed by atoms with Gasteiger partial charge in [-0.25, -0.2) is 0 Å². The summed E-state index contributed by atoms with van der Waals surface area (Å²) in [4.78, 5) is 40.8. The number of halogens is 8. The standard InChI is InChI=1S/C11H12O.C9H8O2.C9H10O2.C9H8O.C8H8O.2C7H6O2.C4H7I.C4H8.5C3H8.CH3Br.CH4.7Ar.B.6HI.Li.H/c1-2-5-10-8-9-6-3-4-7-11(9)12-10;10-6-8-5-7-3-1-2-4-9(7)11-8;1-2-11-9-6-4-3-5-8(9)7-10;1-7-6-8-4-2-3-5-9(8)10-7;1-7-4-2-3-5-8(7)6-9;2*8-5-6-3-1-2-4-7(6)9;1-2-3-4-5;1-3-4-2;5*1-3-2;1-2;;;;;;;;;;;;;;;;;/h3-4,6-8H,2,5H2,1H3;1-5,10H,6H2;3-7H,2H2,1H3;2-6H,1H3;2-6H,1H3;2*1-5,9H;2-3H,4H2,1H3;3H,1,4H2,2H3;5*3H2,1-2H3;1H3;1H4;;;;;;;;;6*1H;;/q;;;;;;;;;;;;;;;;;;;;;;;;;;;;;;+1;-1/b;;;;;;;3-2+;;;;;;;;;;;;;;;;;;;;;;;;. The van der Waals surface area contributed by atoms with E-state index in [1.165, 1.54) is 55.0 Å². The third-order valence-electron chi connectivity index (χ3n) is 10.6. The van der Waals surface area contributed by atoms with Gasteiger partial charge in [-0.2, -0.15) is 0 Å². The number of aliphatic hydroxyl groups excluding tert-OH is 1. The number of aryl methyl sites for hydroxylation is 3. The maximum Gasteiger partial charge on any atom is 1.00 e. The molecule has 0 amide bonds. The van der Waals surface area contributed by atoms with Gasteiger partial charge in [0.2, 0.25) is 0 Å². The van der Waals surface area contributed by atoms with Crippen LogP contribution < -0.4 is 23.6 Å². The zero-order chi connectivity index (χ0) is 74.3. The van der Waals surface area contributed by atoms with Crippen LogP contribution in [0.15, 0.2) is 226 Å². The number of aldehydes is 4. The molecule has 3 heterocycles. The fraction of sp³-hybridized carbons (Fsp3) is 0.341. The van der Waals surface area contributed by atoms with Crippen LogP contribution >= 0.6 is 182 Å². The molecule has 0 saturated carbocycles. The summed E-state index contributed by atoms with van der Waals surface area (Å²) >= 11 is 5.24. The van der Waals surface area contributed by atoms with Gasteiger partial charge in [0, 0.05) is 305 Å². The van der Waals surface area contributed by atoms with Crippen LogP contribution in [0.1, 0.15) is 215 Å². The Kier molecular flexibility index (Phi) is 203. The van der Waals surface area contributed by atoms with E-state index in [2.05, 4.69) is 146 Å². The monoisotopic (exact) mass is 2590 g/mol. The Hall–Kier alpha value is 5.75. The number of hydrogen-bond acceptors (Lipinski definition) is 11. The SMILES string of the molecule is C.C/C=C/CI.C=CCC.CBr.CCC.CCC.CCC.CCC.CCC.CCCc1cc2ccccc2o1.CCOc1ccccc1C=O.Cc1cc2ccccc2o1.Cc1ccccc1C=O.I.I.I.I.I.I.O=Cc1ccccc1O.O=Cc1ccccc1O.OCc1cc2ccccc2o1.[Ar].[Ar].[Ar].[Ar].[Ar].[Ar].[Ar].[B].[H-].[Li+]. The number of phenols is 2. The van der Waals surface area contributed by atoms with E-state index < -0.39 is 0 Å². The first-order valence-electron chi connectivity index (χ1n) is 33.3. The van der Waals surface area contributed by atoms with Gasteiger partial charge in [0.25, 0.3) is 0 Å². The first kappa shape index (κ1) is 172. The number of aromatic hydroxyl groups is 2. The Morgan fingerprint density at radius 1 is 0.451 bits per heavy atom. The van der Waals surface area contributed by atoms with Crippen molar-refractivity contribution >= 4 is 249 Å². The van der Waals surface area contributed by atoms with E-state index in [0.29, 0.717) is 47.4 Å². The normalized spacial score (nSPS) is 7.65. The molecule has 0 bridgehead atoms. The molecule has 649 valence electrons. The molecule has 28 heteroatoms. The maximum atomic E-state index is 10.4. The number of aliphatic hydroxyl groups is 1. The van der Waals surface area contributed by atoms with Crippen molar-refractivity contribution in [2.45, 2.75) is 176 Å². The zero-order valence-corrected chi connectivity index (χ0v) is 90.5. The number of phenolic OH excluding ortho intramolecular Hbond substituents is 2. The fourth-order valence-corrected chi connectivity index (χ4v) is 6.99. The van der Waals surface area contributed by atoms with Gasteiger partial charge in [-0.05, 0) is 125 Å². The van der Waals surface area contributed by atoms with Gasteiger partial charge in [0.15, 0.2) is 18.9 Å². The van der Waals surface area contributed by atoms with E-state index in [4.69, 9.17) is 33.3 Å². The summed E-state index contributed by atoms with van der Waals surface area (Å²) in [5, 5.41) is 29.9. The molecule has 3 aromatic heterocycles. The summed E-state index contributed by atoms with van der Waals surface area (Å²) in [6.07, 6.45) is 18.5. The summed E-state index contributed by atoms with van der Waals surface area (Å²) in [5.74, 6) is 5.23. The Balaban J connectivity index is -0.0000000403. The van der Waals surface area contributed by atoms with Crippen LogP contribution in [0.2, 0.25) is 0 Å². The van der Waals surface area contributed by atoms with Gasteiger partial charge in [-0.1, -0.05) is 295 Å². The van der Waals surface area contributed by atoms with Crippen molar-refractivity contribution in [1.82, 2.24) is 0 Å². The number of furan rings is 3. The van der Waals surface area contributed by atoms with Crippen molar-refractivity contribution in [3.05, 3.63) is 258 Å². The van der Waals surface area contributed by atoms with E-state index in [1.807, 2.05) is 161 Å². The molecule has 0 spiro atoms. The van der Waals surface area contributed by atoms with E-state index >= 15 is 0 Å². The number of rotatable bonds is 11. The van der Waals surface area contributed by atoms with Gasteiger partial charge in [0.05, 0.1) is 23.3 Å². The van der Waals surface area contributed by atoms with Crippen LogP contribution in [0.3, 0.4) is 0 Å². The van der Waals surface area contributed by atoms with Gasteiger partial charge >= 0.3 is 18.9 Å². The molecule has 3 radical (unpaired) electrons. The van der Waals surface area contributed by atoms with Crippen LogP contribution in [0.4, 0.5) is 0 Å². The van der Waals surface area contributed by atoms with E-state index in [9.17, 15) is 19.2 Å². The smallest absolute Gasteiger partial charge is 1.00 e. The Morgan fingerprint density at radius 2 is 0.735 bits per heavy atom. The molecule has 0 saturated heterocycles. The number of allylic oxidation sites excluding steroid dienone is 3. The van der Waals surface area contributed by atoms with Gasteiger partial charge in [-0.15, -0.1) is 150 Å². The number of carbonyl (C=O) groups excluding carboxylic acids is 4. The minimum Gasteiger partial charge on any atom is -1.00 e. The minimum absolute atomic E-state index is 0. The Morgan fingerprint density at radius 3 is 0.991 bits per heavy atom. The molecule has 0 aliphatic carbocycles. The van der Waals surface area contributed by atoms with Crippen LogP contribution in [0.25, 0.3) is 32.9 Å². The molecule has 113 heavy (non-hydrogen) atoms. The number of benzene rings is 7. The quantitative estimate of drug-likeness (QED) is 0.0369. The molecule has 11 nitrogen and oxygen atoms in total. The third-order valence-corrected chi connectivity index (χ3v) is 11.1. The molecular formula is C85H127Ar7BBrI7LiO11. The van der Waals surface area contributed by atoms with Crippen molar-refractivity contribution in [1.29, 1.82) is 0 Å². The number of alkyl halides is 2. The zero-order valence-electron chi connectivity index (χ0n) is 68.8. The average molecular weight is 2590 g/mol. The van der Waals surface area contributed by atoms with E-state index in [0.717, 1.165) is 81.0 Å². The summed E-state index contributed by atoms with van der Waals surface area (Å²) < 4.78 is 22.6. The molecule has 0 aliphatic heterocycles. The predicted molar refractivity (Wildman–Crippen MR) is 535 cm³/mol. The fourth-order valence-electron chi connectivity index (χ4n) is 6.48. The van der Waals surface area contributed by atoms with Crippen LogP contribution in [0, 0.1) is 278 Å². The molecule has 0 aliphatic rings. The van der Waals surface area contributed by atoms with E-state index in [-0.39, 0.29) is 462 Å². The van der Waals surface area contributed by atoms with Crippen molar-refractivity contribution in [3.8, 4) is 17.2 Å². The first-order valence-corrected chi connectivity index (χ1v) is 36.4. The van der Waals surface area contributed by atoms with Gasteiger partial charge in [-0.3, -0.25) is 19.2 Å². The minimum atomic E-state index is -0.0331. The van der Waals surface area contributed by atoms with Crippen LogP contribution in [-0.2, 0) is 13.0 Å². The summed E-state index contributed by atoms with van der Waals surface area (Å²) in [7, 11) is 0. The number of carbonyl (C=O) groups is 4. The molecule has 0 fully saturated rings. The van der Waals surface area contributed by atoms with Crippen molar-refractivity contribution in [2.75, 3.05) is 16.9 Å². The van der Waals surface area contributed by atoms with Crippen molar-refractivity contribution in [2.24, 2.45) is 0 Å².